The number of pyridine rings is 1. The van der Waals surface area contributed by atoms with Gasteiger partial charge in [-0.1, -0.05) is 97.1 Å². The molecule has 0 N–H and O–H groups in total. The molecule has 5 aromatic carbocycles. The van der Waals surface area contributed by atoms with Crippen LogP contribution in [0, 0.1) is 0 Å². The van der Waals surface area contributed by atoms with E-state index in [1.165, 1.54) is 16.5 Å². The summed E-state index contributed by atoms with van der Waals surface area (Å²) in [4.78, 5) is 0. The SMILES string of the molecule is C(=Cc1cc[n+](Cc2ccccc2)c2ccccc12)c1ccc(Oc2ccccc2)c(Oc2ccccc2)c1. The standard InChI is InChI=1S/C36H28NO2/c1-4-12-29(13-5-1)27-37-25-24-30(33-18-10-11-19-34(33)37)22-20-28-21-23-35(38-31-14-6-2-7-15-31)36(26-28)39-32-16-8-3-9-17-32/h1-26H,27H2/q+1. The van der Waals surface area contributed by atoms with Crippen LogP contribution in [0.25, 0.3) is 23.1 Å². The van der Waals surface area contributed by atoms with E-state index in [0.717, 1.165) is 29.2 Å². The van der Waals surface area contributed by atoms with Gasteiger partial charge in [-0.2, -0.15) is 4.57 Å². The van der Waals surface area contributed by atoms with Crippen LogP contribution in [-0.4, -0.2) is 0 Å². The first kappa shape index (κ1) is 24.2. The Hall–Kier alpha value is -5.15. The average molecular weight is 507 g/mol. The van der Waals surface area contributed by atoms with E-state index in [-0.39, 0.29) is 0 Å². The van der Waals surface area contributed by atoms with E-state index in [0.29, 0.717) is 11.5 Å². The quantitative estimate of drug-likeness (QED) is 0.192. The molecule has 0 atom stereocenters. The fourth-order valence-electron chi connectivity index (χ4n) is 4.58. The normalized spacial score (nSPS) is 11.1. The zero-order chi connectivity index (χ0) is 26.3. The van der Waals surface area contributed by atoms with Gasteiger partial charge in [0.2, 0.25) is 5.52 Å². The summed E-state index contributed by atoms with van der Waals surface area (Å²) in [5, 5.41) is 1.21. The Labute approximate surface area is 228 Å². The van der Waals surface area contributed by atoms with Crippen LogP contribution in [0.3, 0.4) is 0 Å². The van der Waals surface area contributed by atoms with Crippen LogP contribution in [-0.2, 0) is 6.54 Å². The number of para-hydroxylation sites is 3. The molecular formula is C36H28NO2+. The largest absolute Gasteiger partial charge is 0.453 e. The van der Waals surface area contributed by atoms with Crippen LogP contribution in [0.2, 0.25) is 0 Å². The van der Waals surface area contributed by atoms with Crippen molar-refractivity contribution in [2.45, 2.75) is 6.54 Å². The molecule has 6 aromatic rings. The molecule has 0 amide bonds. The van der Waals surface area contributed by atoms with Crippen LogP contribution in [0.4, 0.5) is 0 Å². The van der Waals surface area contributed by atoms with Crippen molar-refractivity contribution >= 4 is 23.1 Å². The molecule has 0 spiro atoms. The molecule has 3 nitrogen and oxygen atoms in total. The Kier molecular flexibility index (Phi) is 7.13. The fourth-order valence-corrected chi connectivity index (χ4v) is 4.58. The van der Waals surface area contributed by atoms with Gasteiger partial charge in [-0.25, -0.2) is 0 Å². The predicted octanol–water partition coefficient (Wildman–Crippen LogP) is 8.93. The lowest BCUT2D eigenvalue weighted by atomic mass is 10.1. The van der Waals surface area contributed by atoms with Gasteiger partial charge in [0.1, 0.15) is 11.5 Å². The Morgan fingerprint density at radius 1 is 0.538 bits per heavy atom. The summed E-state index contributed by atoms with van der Waals surface area (Å²) in [7, 11) is 0. The molecule has 0 fully saturated rings. The van der Waals surface area contributed by atoms with Crippen LogP contribution < -0.4 is 14.0 Å². The van der Waals surface area contributed by atoms with Gasteiger partial charge in [-0.15, -0.1) is 0 Å². The maximum absolute atomic E-state index is 6.25. The smallest absolute Gasteiger partial charge is 0.213 e. The van der Waals surface area contributed by atoms with Crippen molar-refractivity contribution in [1.82, 2.24) is 0 Å². The zero-order valence-electron chi connectivity index (χ0n) is 21.5. The summed E-state index contributed by atoms with van der Waals surface area (Å²) < 4.78 is 14.7. The first-order valence-electron chi connectivity index (χ1n) is 13.0. The maximum atomic E-state index is 6.25. The average Bonchev–Trinajstić information content (AvgIpc) is 2.99. The molecule has 1 heterocycles. The summed E-state index contributed by atoms with van der Waals surface area (Å²) in [5.74, 6) is 2.84. The molecule has 0 saturated heterocycles. The van der Waals surface area contributed by atoms with Gasteiger partial charge in [-0.05, 0) is 53.6 Å². The molecule has 0 bridgehead atoms. The van der Waals surface area contributed by atoms with Crippen LogP contribution in [0.15, 0.2) is 146 Å². The molecule has 188 valence electrons. The van der Waals surface area contributed by atoms with E-state index in [2.05, 4.69) is 83.6 Å². The fraction of sp³-hybridized carbons (Fsp3) is 0.0278. The highest BCUT2D eigenvalue weighted by atomic mass is 16.5. The summed E-state index contributed by atoms with van der Waals surface area (Å²) >= 11 is 0. The van der Waals surface area contributed by atoms with Gasteiger partial charge >= 0.3 is 0 Å². The highest BCUT2D eigenvalue weighted by Crippen LogP contribution is 2.36. The van der Waals surface area contributed by atoms with Crippen molar-refractivity contribution in [1.29, 1.82) is 0 Å². The van der Waals surface area contributed by atoms with Crippen molar-refractivity contribution in [2.24, 2.45) is 0 Å². The zero-order valence-corrected chi connectivity index (χ0v) is 21.5. The van der Waals surface area contributed by atoms with Crippen molar-refractivity contribution in [2.75, 3.05) is 0 Å². The number of benzene rings is 5. The Balaban J connectivity index is 1.32. The molecule has 0 unspecified atom stereocenters. The summed E-state index contributed by atoms with van der Waals surface area (Å²) in [6.07, 6.45) is 6.44. The van der Waals surface area contributed by atoms with E-state index >= 15 is 0 Å². The summed E-state index contributed by atoms with van der Waals surface area (Å²) in [6.45, 7) is 0.828. The number of fused-ring (bicyclic) bond motifs is 1. The van der Waals surface area contributed by atoms with E-state index in [9.17, 15) is 0 Å². The highest BCUT2D eigenvalue weighted by Gasteiger charge is 2.12. The van der Waals surface area contributed by atoms with Crippen molar-refractivity contribution in [3.8, 4) is 23.0 Å². The van der Waals surface area contributed by atoms with Gasteiger partial charge in [0.25, 0.3) is 0 Å². The Morgan fingerprint density at radius 2 is 1.15 bits per heavy atom. The van der Waals surface area contributed by atoms with Crippen molar-refractivity contribution in [3.05, 3.63) is 162 Å². The maximum Gasteiger partial charge on any atom is 0.213 e. The second-order valence-corrected chi connectivity index (χ2v) is 9.27. The molecule has 0 aliphatic carbocycles. The monoisotopic (exact) mass is 506 g/mol. The molecule has 39 heavy (non-hydrogen) atoms. The third-order valence-corrected chi connectivity index (χ3v) is 6.52. The highest BCUT2D eigenvalue weighted by molar-refractivity contribution is 5.88. The summed E-state index contributed by atoms with van der Waals surface area (Å²) in [5.41, 5.74) is 4.65. The van der Waals surface area contributed by atoms with E-state index < -0.39 is 0 Å². The molecule has 1 aromatic heterocycles. The van der Waals surface area contributed by atoms with Gasteiger partial charge in [0, 0.05) is 17.7 Å². The molecular weight excluding hydrogens is 478 g/mol. The molecule has 6 rings (SSSR count). The van der Waals surface area contributed by atoms with Crippen molar-refractivity contribution < 1.29 is 14.0 Å². The number of hydrogen-bond donors (Lipinski definition) is 0. The minimum Gasteiger partial charge on any atom is -0.453 e. The van der Waals surface area contributed by atoms with Crippen LogP contribution >= 0.6 is 0 Å². The van der Waals surface area contributed by atoms with Gasteiger partial charge < -0.3 is 9.47 Å². The topological polar surface area (TPSA) is 22.3 Å². The van der Waals surface area contributed by atoms with E-state index in [1.54, 1.807) is 0 Å². The minimum atomic E-state index is 0.658. The van der Waals surface area contributed by atoms with E-state index in [1.807, 2.05) is 78.9 Å². The lowest BCUT2D eigenvalue weighted by Crippen LogP contribution is -2.34. The number of ether oxygens (including phenoxy) is 2. The molecule has 3 heteroatoms. The number of rotatable bonds is 8. The second kappa shape index (κ2) is 11.5. The van der Waals surface area contributed by atoms with E-state index in [4.69, 9.17) is 9.47 Å². The number of hydrogen-bond acceptors (Lipinski definition) is 2. The summed E-state index contributed by atoms with van der Waals surface area (Å²) in [6, 6.07) is 46.8. The Bertz CT molecular complexity index is 1710. The van der Waals surface area contributed by atoms with Crippen LogP contribution in [0.1, 0.15) is 16.7 Å². The first-order valence-corrected chi connectivity index (χ1v) is 13.0. The lowest BCUT2D eigenvalue weighted by Gasteiger charge is -2.13. The molecule has 0 aliphatic heterocycles. The lowest BCUT2D eigenvalue weighted by molar-refractivity contribution is -0.662. The minimum absolute atomic E-state index is 0.658. The second-order valence-electron chi connectivity index (χ2n) is 9.27. The molecule has 0 saturated carbocycles. The first-order chi connectivity index (χ1) is 19.3. The van der Waals surface area contributed by atoms with Crippen molar-refractivity contribution in [3.63, 3.8) is 0 Å². The third-order valence-electron chi connectivity index (χ3n) is 6.52. The van der Waals surface area contributed by atoms with Crippen LogP contribution in [0.5, 0.6) is 23.0 Å². The molecule has 0 aliphatic rings. The van der Waals surface area contributed by atoms with Gasteiger partial charge in [-0.3, -0.25) is 0 Å². The predicted molar refractivity (Wildman–Crippen MR) is 158 cm³/mol. The molecule has 0 radical (unpaired) electrons. The number of aromatic nitrogens is 1. The van der Waals surface area contributed by atoms with Gasteiger partial charge in [0.05, 0.1) is 5.39 Å². The Morgan fingerprint density at radius 3 is 1.87 bits per heavy atom. The number of nitrogens with zero attached hydrogens (tertiary/aromatic N) is 1. The third kappa shape index (κ3) is 5.89. The van der Waals surface area contributed by atoms with Gasteiger partial charge in [0.15, 0.2) is 24.2 Å².